The molecule has 5 fully saturated rings. The van der Waals surface area contributed by atoms with Crippen molar-refractivity contribution in [3.05, 3.63) is 46.5 Å². The van der Waals surface area contributed by atoms with E-state index in [9.17, 15) is 14.7 Å². The molecule has 4 bridgehead atoms. The Labute approximate surface area is 218 Å². The number of carbonyl (C=O) groups is 2. The van der Waals surface area contributed by atoms with Gasteiger partial charge in [0.1, 0.15) is 5.82 Å². The Kier molecular flexibility index (Phi) is 6.59. The summed E-state index contributed by atoms with van der Waals surface area (Å²) in [7, 11) is 0. The Balaban J connectivity index is 1.19. The molecule has 7 heteroatoms. The maximum absolute atomic E-state index is 13.4. The van der Waals surface area contributed by atoms with E-state index in [4.69, 9.17) is 9.72 Å². The summed E-state index contributed by atoms with van der Waals surface area (Å²) in [5.74, 6) is 2.53. The minimum Gasteiger partial charge on any atom is -0.478 e. The number of nitrogens with one attached hydrogen (secondary N) is 2. The first kappa shape index (κ1) is 24.7. The maximum atomic E-state index is 13.4. The standard InChI is InChI=1S/C30H39N3O4/c1-18-7-8-23(12-24(18)29(35)36)31-28(34)26-25(32-27(33-26)22-5-3-2-4-6-22)16-37-17-30-13-19-9-20(14-30)11-21(10-19)15-30/h7-8,12,19-22H,2-6,9-11,13-17H2,1H3,(H,31,34)(H,32,33)(H,35,36). The molecule has 0 radical (unpaired) electrons. The van der Waals surface area contributed by atoms with Gasteiger partial charge in [-0.3, -0.25) is 4.79 Å². The molecule has 5 aliphatic carbocycles. The molecule has 0 spiro atoms. The molecule has 0 atom stereocenters. The molecule has 3 N–H and O–H groups in total. The molecule has 5 aliphatic rings. The average molecular weight is 506 g/mol. The number of aromatic nitrogens is 2. The van der Waals surface area contributed by atoms with Crippen molar-refractivity contribution in [3.8, 4) is 0 Å². The number of hydrogen-bond acceptors (Lipinski definition) is 4. The second-order valence-corrected chi connectivity index (χ2v) is 12.5. The van der Waals surface area contributed by atoms with E-state index in [1.54, 1.807) is 19.1 Å². The highest BCUT2D eigenvalue weighted by Gasteiger charge is 2.50. The predicted octanol–water partition coefficient (Wildman–Crippen LogP) is 6.45. The number of benzene rings is 1. The van der Waals surface area contributed by atoms with Gasteiger partial charge in [-0.2, -0.15) is 0 Å². The van der Waals surface area contributed by atoms with Gasteiger partial charge in [0.15, 0.2) is 5.69 Å². The lowest BCUT2D eigenvalue weighted by Crippen LogP contribution is -2.48. The van der Waals surface area contributed by atoms with Crippen molar-refractivity contribution in [1.29, 1.82) is 0 Å². The van der Waals surface area contributed by atoms with Crippen LogP contribution in [-0.4, -0.2) is 33.6 Å². The van der Waals surface area contributed by atoms with Crippen LogP contribution in [0.3, 0.4) is 0 Å². The average Bonchev–Trinajstić information content (AvgIpc) is 3.29. The van der Waals surface area contributed by atoms with Gasteiger partial charge in [-0.05, 0) is 99.2 Å². The zero-order valence-electron chi connectivity index (χ0n) is 21.9. The monoisotopic (exact) mass is 505 g/mol. The summed E-state index contributed by atoms with van der Waals surface area (Å²) in [6.45, 7) is 2.85. The molecule has 5 saturated carbocycles. The lowest BCUT2D eigenvalue weighted by atomic mass is 9.50. The van der Waals surface area contributed by atoms with Gasteiger partial charge in [0, 0.05) is 11.6 Å². The second kappa shape index (κ2) is 9.90. The summed E-state index contributed by atoms with van der Waals surface area (Å²) >= 11 is 0. The van der Waals surface area contributed by atoms with Crippen LogP contribution >= 0.6 is 0 Å². The lowest BCUT2D eigenvalue weighted by molar-refractivity contribution is -0.0997. The third-order valence-electron chi connectivity index (χ3n) is 9.55. The quantitative estimate of drug-likeness (QED) is 0.382. The van der Waals surface area contributed by atoms with E-state index >= 15 is 0 Å². The van der Waals surface area contributed by atoms with E-state index in [-0.39, 0.29) is 11.5 Å². The van der Waals surface area contributed by atoms with Crippen molar-refractivity contribution in [3.63, 3.8) is 0 Å². The van der Waals surface area contributed by atoms with E-state index in [1.165, 1.54) is 63.9 Å². The molecule has 0 unspecified atom stereocenters. The van der Waals surface area contributed by atoms with E-state index in [2.05, 4.69) is 10.3 Å². The number of aromatic carboxylic acids is 1. The summed E-state index contributed by atoms with van der Waals surface area (Å²) in [5.41, 5.74) is 2.71. The summed E-state index contributed by atoms with van der Waals surface area (Å²) in [5, 5.41) is 12.4. The first-order chi connectivity index (χ1) is 17.9. The van der Waals surface area contributed by atoms with Crippen LogP contribution < -0.4 is 5.32 Å². The lowest BCUT2D eigenvalue weighted by Gasteiger charge is -2.56. The fraction of sp³-hybridized carbons (Fsp3) is 0.633. The number of carbonyl (C=O) groups excluding carboxylic acids is 1. The molecule has 1 aromatic heterocycles. The number of carboxylic acid groups (broad SMARTS) is 1. The number of H-pyrrole nitrogens is 1. The number of anilines is 1. The molecule has 1 amide bonds. The highest BCUT2D eigenvalue weighted by Crippen LogP contribution is 2.60. The van der Waals surface area contributed by atoms with Gasteiger partial charge in [-0.1, -0.05) is 25.3 Å². The third-order valence-corrected chi connectivity index (χ3v) is 9.55. The number of aryl methyl sites for hydroxylation is 1. The van der Waals surface area contributed by atoms with Crippen LogP contribution in [-0.2, 0) is 11.3 Å². The zero-order chi connectivity index (χ0) is 25.6. The minimum absolute atomic E-state index is 0.182. The number of imidazole rings is 1. The van der Waals surface area contributed by atoms with Crippen molar-refractivity contribution in [2.75, 3.05) is 11.9 Å². The summed E-state index contributed by atoms with van der Waals surface area (Å²) < 4.78 is 6.38. The Morgan fingerprint density at radius 2 is 1.76 bits per heavy atom. The van der Waals surface area contributed by atoms with Crippen molar-refractivity contribution >= 4 is 17.6 Å². The van der Waals surface area contributed by atoms with E-state index in [1.807, 2.05) is 0 Å². The van der Waals surface area contributed by atoms with Gasteiger partial charge in [0.05, 0.1) is 24.5 Å². The molecule has 0 saturated heterocycles. The first-order valence-electron chi connectivity index (χ1n) is 14.2. The fourth-order valence-electron chi connectivity index (χ4n) is 8.25. The van der Waals surface area contributed by atoms with Crippen LogP contribution in [0.2, 0.25) is 0 Å². The van der Waals surface area contributed by atoms with Crippen LogP contribution in [0.5, 0.6) is 0 Å². The van der Waals surface area contributed by atoms with Gasteiger partial charge in [0.25, 0.3) is 5.91 Å². The number of carboxylic acids is 1. The number of nitrogens with zero attached hydrogens (tertiary/aromatic N) is 1. The van der Waals surface area contributed by atoms with Gasteiger partial charge in [-0.25, -0.2) is 9.78 Å². The van der Waals surface area contributed by atoms with Crippen molar-refractivity contribution in [2.45, 2.75) is 90.1 Å². The van der Waals surface area contributed by atoms with Gasteiger partial charge < -0.3 is 20.1 Å². The molecule has 7 nitrogen and oxygen atoms in total. The van der Waals surface area contributed by atoms with Crippen LogP contribution in [0, 0.1) is 30.1 Å². The molecular weight excluding hydrogens is 466 g/mol. The van der Waals surface area contributed by atoms with E-state index < -0.39 is 5.97 Å². The van der Waals surface area contributed by atoms with Crippen LogP contribution in [0.1, 0.15) is 114 Å². The van der Waals surface area contributed by atoms with Crippen molar-refractivity contribution < 1.29 is 19.4 Å². The van der Waals surface area contributed by atoms with Crippen molar-refractivity contribution in [2.24, 2.45) is 23.2 Å². The van der Waals surface area contributed by atoms with E-state index in [0.717, 1.165) is 48.7 Å². The Morgan fingerprint density at radius 3 is 2.41 bits per heavy atom. The van der Waals surface area contributed by atoms with Crippen LogP contribution in [0.15, 0.2) is 18.2 Å². The number of hydrogen-bond donors (Lipinski definition) is 3. The molecule has 198 valence electrons. The molecule has 0 aliphatic heterocycles. The summed E-state index contributed by atoms with van der Waals surface area (Å²) in [6.07, 6.45) is 13.9. The zero-order valence-corrected chi connectivity index (χ0v) is 21.9. The Hall–Kier alpha value is -2.67. The Bertz CT molecular complexity index is 1140. The minimum atomic E-state index is -1.01. The predicted molar refractivity (Wildman–Crippen MR) is 141 cm³/mol. The normalized spacial score (nSPS) is 28.9. The maximum Gasteiger partial charge on any atom is 0.336 e. The molecule has 7 rings (SSSR count). The van der Waals surface area contributed by atoms with Crippen LogP contribution in [0.4, 0.5) is 5.69 Å². The second-order valence-electron chi connectivity index (χ2n) is 12.5. The number of rotatable bonds is 8. The fourth-order valence-corrected chi connectivity index (χ4v) is 8.25. The highest BCUT2D eigenvalue weighted by molar-refractivity contribution is 6.04. The smallest absolute Gasteiger partial charge is 0.336 e. The molecule has 37 heavy (non-hydrogen) atoms. The largest absolute Gasteiger partial charge is 0.478 e. The first-order valence-corrected chi connectivity index (χ1v) is 14.2. The summed E-state index contributed by atoms with van der Waals surface area (Å²) in [6, 6.07) is 4.96. The summed E-state index contributed by atoms with van der Waals surface area (Å²) in [4.78, 5) is 33.2. The van der Waals surface area contributed by atoms with Gasteiger partial charge >= 0.3 is 5.97 Å². The molecular formula is C30H39N3O4. The van der Waals surface area contributed by atoms with Gasteiger partial charge in [-0.15, -0.1) is 0 Å². The third kappa shape index (κ3) is 5.07. The number of aromatic amines is 1. The number of amides is 1. The SMILES string of the molecule is Cc1ccc(NC(=O)c2nc(C3CCCCC3)[nH]c2COCC23CC4CC(CC(C4)C2)C3)cc1C(=O)O. The van der Waals surface area contributed by atoms with Gasteiger partial charge in [0.2, 0.25) is 0 Å². The molecule has 2 aromatic rings. The molecule has 1 heterocycles. The molecule has 1 aromatic carbocycles. The number of ether oxygens (including phenoxy) is 1. The van der Waals surface area contributed by atoms with Crippen LogP contribution in [0.25, 0.3) is 0 Å². The Morgan fingerprint density at radius 1 is 1.08 bits per heavy atom. The van der Waals surface area contributed by atoms with Crippen molar-refractivity contribution in [1.82, 2.24) is 9.97 Å². The van der Waals surface area contributed by atoms with E-state index in [0.29, 0.717) is 34.9 Å². The topological polar surface area (TPSA) is 104 Å². The highest BCUT2D eigenvalue weighted by atomic mass is 16.5.